The molecule has 1 amide bonds. The largest absolute Gasteiger partial charge is 0.454 e. The molecule has 4 rings (SSSR count). The van der Waals surface area contributed by atoms with Crippen molar-refractivity contribution in [1.29, 1.82) is 0 Å². The van der Waals surface area contributed by atoms with Gasteiger partial charge in [0.15, 0.2) is 11.5 Å². The first-order valence-corrected chi connectivity index (χ1v) is 9.96. The molecule has 2 fully saturated rings. The van der Waals surface area contributed by atoms with Crippen molar-refractivity contribution >= 4 is 5.91 Å². The Morgan fingerprint density at radius 3 is 2.65 bits per heavy atom. The maximum absolute atomic E-state index is 12.9. The van der Waals surface area contributed by atoms with Crippen molar-refractivity contribution in [3.05, 3.63) is 23.8 Å². The molecule has 3 aliphatic rings. The molecule has 2 aliphatic heterocycles. The molecule has 5 nitrogen and oxygen atoms in total. The zero-order chi connectivity index (χ0) is 18.1. The average molecular weight is 358 g/mol. The quantitative estimate of drug-likeness (QED) is 0.847. The van der Waals surface area contributed by atoms with Crippen LogP contribution in [0, 0.1) is 11.3 Å². The fraction of sp³-hybridized carbons (Fsp3) is 0.667. The molecular formula is C21H30N2O3. The van der Waals surface area contributed by atoms with Gasteiger partial charge in [-0.15, -0.1) is 0 Å². The Bertz CT molecular complexity index is 661. The Kier molecular flexibility index (Phi) is 4.82. The van der Waals surface area contributed by atoms with Crippen molar-refractivity contribution in [3.63, 3.8) is 0 Å². The van der Waals surface area contributed by atoms with Crippen LogP contribution < -0.4 is 14.8 Å². The maximum Gasteiger partial charge on any atom is 0.231 e. The van der Waals surface area contributed by atoms with Gasteiger partial charge in [-0.25, -0.2) is 0 Å². The van der Waals surface area contributed by atoms with Crippen LogP contribution in [-0.2, 0) is 11.3 Å². The number of ether oxygens (including phenoxy) is 2. The highest BCUT2D eigenvalue weighted by Crippen LogP contribution is 2.46. The predicted molar refractivity (Wildman–Crippen MR) is 100 cm³/mol. The molecule has 0 unspecified atom stereocenters. The molecule has 1 aliphatic carbocycles. The second-order valence-corrected chi connectivity index (χ2v) is 8.52. The number of amides is 1. The van der Waals surface area contributed by atoms with E-state index in [0.29, 0.717) is 6.79 Å². The topological polar surface area (TPSA) is 50.8 Å². The molecule has 142 valence electrons. The SMILES string of the molecule is CC(C)NC(=O)C1(CC2CC2)CCN(Cc2ccc3c(c2)OCO3)CC1. The summed E-state index contributed by atoms with van der Waals surface area (Å²) >= 11 is 0. The standard InChI is InChI=1S/C21H30N2O3/c1-15(2)22-20(24)21(12-16-3-4-16)7-9-23(10-8-21)13-17-5-6-18-19(11-17)26-14-25-18/h5-6,11,15-16H,3-4,7-10,12-14H2,1-2H3,(H,22,24). The summed E-state index contributed by atoms with van der Waals surface area (Å²) in [5.41, 5.74) is 1.09. The zero-order valence-corrected chi connectivity index (χ0v) is 15.9. The molecule has 2 heterocycles. The number of carbonyl (C=O) groups excluding carboxylic acids is 1. The molecule has 5 heteroatoms. The minimum Gasteiger partial charge on any atom is -0.454 e. The van der Waals surface area contributed by atoms with Gasteiger partial charge in [-0.05, 0) is 69.8 Å². The maximum atomic E-state index is 12.9. The summed E-state index contributed by atoms with van der Waals surface area (Å²) in [7, 11) is 0. The van der Waals surface area contributed by atoms with Crippen LogP contribution in [0.2, 0.25) is 0 Å². The molecule has 26 heavy (non-hydrogen) atoms. The molecule has 0 radical (unpaired) electrons. The summed E-state index contributed by atoms with van der Waals surface area (Å²) in [5, 5.41) is 3.19. The molecule has 0 bridgehead atoms. The van der Waals surface area contributed by atoms with Crippen LogP contribution in [0.3, 0.4) is 0 Å². The normalized spacial score (nSPS) is 21.8. The number of nitrogens with zero attached hydrogens (tertiary/aromatic N) is 1. The van der Waals surface area contributed by atoms with Gasteiger partial charge in [0.1, 0.15) is 0 Å². The van der Waals surface area contributed by atoms with E-state index in [1.165, 1.54) is 18.4 Å². The van der Waals surface area contributed by atoms with E-state index in [1.54, 1.807) is 0 Å². The van der Waals surface area contributed by atoms with Gasteiger partial charge in [-0.2, -0.15) is 0 Å². The number of fused-ring (bicyclic) bond motifs is 1. The van der Waals surface area contributed by atoms with E-state index in [-0.39, 0.29) is 17.4 Å². The van der Waals surface area contributed by atoms with Crippen LogP contribution >= 0.6 is 0 Å². The van der Waals surface area contributed by atoms with Crippen molar-refractivity contribution < 1.29 is 14.3 Å². The lowest BCUT2D eigenvalue weighted by atomic mass is 9.73. The van der Waals surface area contributed by atoms with Crippen LogP contribution in [0.15, 0.2) is 18.2 Å². The predicted octanol–water partition coefficient (Wildman–Crippen LogP) is 3.32. The summed E-state index contributed by atoms with van der Waals surface area (Å²) in [6.07, 6.45) is 5.61. The van der Waals surface area contributed by atoms with E-state index in [0.717, 1.165) is 56.3 Å². The van der Waals surface area contributed by atoms with Gasteiger partial charge in [0.25, 0.3) is 0 Å². The highest BCUT2D eigenvalue weighted by molar-refractivity contribution is 5.83. The lowest BCUT2D eigenvalue weighted by Gasteiger charge is -2.41. The molecular weight excluding hydrogens is 328 g/mol. The van der Waals surface area contributed by atoms with Gasteiger partial charge in [0.2, 0.25) is 12.7 Å². The van der Waals surface area contributed by atoms with E-state index in [2.05, 4.69) is 36.2 Å². The lowest BCUT2D eigenvalue weighted by Crippen LogP contribution is -2.50. The summed E-state index contributed by atoms with van der Waals surface area (Å²) in [4.78, 5) is 15.4. The van der Waals surface area contributed by atoms with Gasteiger partial charge in [-0.3, -0.25) is 9.69 Å². The fourth-order valence-corrected chi connectivity index (χ4v) is 4.25. The third-order valence-corrected chi connectivity index (χ3v) is 5.93. The second kappa shape index (κ2) is 7.10. The van der Waals surface area contributed by atoms with E-state index in [4.69, 9.17) is 9.47 Å². The number of rotatable bonds is 6. The Morgan fingerprint density at radius 1 is 1.23 bits per heavy atom. The highest BCUT2D eigenvalue weighted by atomic mass is 16.7. The van der Waals surface area contributed by atoms with Gasteiger partial charge >= 0.3 is 0 Å². The Labute approximate surface area is 156 Å². The average Bonchev–Trinajstić information content (AvgIpc) is 3.29. The second-order valence-electron chi connectivity index (χ2n) is 8.52. The summed E-state index contributed by atoms with van der Waals surface area (Å²) < 4.78 is 10.9. The van der Waals surface area contributed by atoms with Crippen molar-refractivity contribution in [1.82, 2.24) is 10.2 Å². The first-order valence-electron chi connectivity index (χ1n) is 9.96. The van der Waals surface area contributed by atoms with Crippen molar-refractivity contribution in [2.45, 2.75) is 58.5 Å². The molecule has 0 atom stereocenters. The third kappa shape index (κ3) is 3.83. The van der Waals surface area contributed by atoms with Crippen LogP contribution in [0.4, 0.5) is 0 Å². The number of hydrogen-bond donors (Lipinski definition) is 1. The summed E-state index contributed by atoms with van der Waals surface area (Å²) in [5.74, 6) is 2.73. The van der Waals surface area contributed by atoms with E-state index in [9.17, 15) is 4.79 Å². The first kappa shape index (κ1) is 17.7. The molecule has 1 N–H and O–H groups in total. The summed E-state index contributed by atoms with van der Waals surface area (Å²) in [6, 6.07) is 6.41. The number of nitrogens with one attached hydrogen (secondary N) is 1. The van der Waals surface area contributed by atoms with E-state index >= 15 is 0 Å². The van der Waals surface area contributed by atoms with Crippen molar-refractivity contribution in [2.24, 2.45) is 11.3 Å². The minimum atomic E-state index is -0.156. The van der Waals surface area contributed by atoms with E-state index in [1.807, 2.05) is 6.07 Å². The molecule has 0 spiro atoms. The van der Waals surface area contributed by atoms with Gasteiger partial charge in [0, 0.05) is 12.6 Å². The Hall–Kier alpha value is -1.75. The fourth-order valence-electron chi connectivity index (χ4n) is 4.25. The van der Waals surface area contributed by atoms with Crippen molar-refractivity contribution in [2.75, 3.05) is 19.9 Å². The molecule has 1 aromatic carbocycles. The van der Waals surface area contributed by atoms with Crippen LogP contribution in [0.5, 0.6) is 11.5 Å². The van der Waals surface area contributed by atoms with Gasteiger partial charge < -0.3 is 14.8 Å². The minimum absolute atomic E-state index is 0.156. The zero-order valence-electron chi connectivity index (χ0n) is 15.9. The first-order chi connectivity index (χ1) is 12.5. The lowest BCUT2D eigenvalue weighted by molar-refractivity contribution is -0.135. The van der Waals surface area contributed by atoms with Crippen LogP contribution in [-0.4, -0.2) is 36.7 Å². The van der Waals surface area contributed by atoms with Crippen LogP contribution in [0.1, 0.15) is 51.5 Å². The van der Waals surface area contributed by atoms with Gasteiger partial charge in [0.05, 0.1) is 5.41 Å². The third-order valence-electron chi connectivity index (χ3n) is 5.93. The smallest absolute Gasteiger partial charge is 0.231 e. The number of benzene rings is 1. The molecule has 1 saturated heterocycles. The number of hydrogen-bond acceptors (Lipinski definition) is 4. The number of carbonyl (C=O) groups is 1. The van der Waals surface area contributed by atoms with Crippen molar-refractivity contribution in [3.8, 4) is 11.5 Å². The van der Waals surface area contributed by atoms with E-state index < -0.39 is 0 Å². The molecule has 1 aromatic rings. The Morgan fingerprint density at radius 2 is 1.96 bits per heavy atom. The Balaban J connectivity index is 1.38. The van der Waals surface area contributed by atoms with Gasteiger partial charge in [-0.1, -0.05) is 18.9 Å². The number of likely N-dealkylation sites (tertiary alicyclic amines) is 1. The monoisotopic (exact) mass is 358 g/mol. The van der Waals surface area contributed by atoms with Crippen LogP contribution in [0.25, 0.3) is 0 Å². The number of piperidine rings is 1. The molecule has 0 aromatic heterocycles. The molecule has 1 saturated carbocycles. The highest BCUT2D eigenvalue weighted by Gasteiger charge is 2.44. The summed E-state index contributed by atoms with van der Waals surface area (Å²) in [6.45, 7) is 7.29.